The Balaban J connectivity index is 0.00000312. The highest BCUT2D eigenvalue weighted by Gasteiger charge is 2.48. The predicted molar refractivity (Wildman–Crippen MR) is 88.7 cm³/mol. The van der Waals surface area contributed by atoms with Crippen molar-refractivity contribution in [2.75, 3.05) is 24.7 Å². The molecule has 142 valence electrons. The van der Waals surface area contributed by atoms with E-state index < -0.39 is 32.6 Å². The summed E-state index contributed by atoms with van der Waals surface area (Å²) in [6, 6.07) is 4.52. The van der Waals surface area contributed by atoms with Crippen molar-refractivity contribution in [3.05, 3.63) is 24.3 Å². The smallest absolute Gasteiger partial charge is 0.406 e. The summed E-state index contributed by atoms with van der Waals surface area (Å²) in [6.45, 7) is 0.775. The number of amides is 1. The predicted octanol–water partition coefficient (Wildman–Crippen LogP) is 2.11. The van der Waals surface area contributed by atoms with Crippen molar-refractivity contribution in [1.29, 1.82) is 0 Å². The molecule has 0 atom stereocenters. The molecule has 0 aromatic heterocycles. The number of anilines is 1. The molecular formula is C14H18ClF3N2O4S. The first kappa shape index (κ1) is 21.5. The Morgan fingerprint density at radius 1 is 1.20 bits per heavy atom. The molecular weight excluding hydrogens is 385 g/mol. The number of hydrogen-bond donors (Lipinski definition) is 2. The summed E-state index contributed by atoms with van der Waals surface area (Å²) in [7, 11) is -3.66. The van der Waals surface area contributed by atoms with E-state index in [4.69, 9.17) is 0 Å². The number of ether oxygens (including phenoxy) is 1. The van der Waals surface area contributed by atoms with E-state index in [1.54, 1.807) is 0 Å². The van der Waals surface area contributed by atoms with Gasteiger partial charge in [-0.25, -0.2) is 8.42 Å². The minimum absolute atomic E-state index is 0. The van der Waals surface area contributed by atoms with Crippen LogP contribution in [-0.2, 0) is 14.6 Å². The van der Waals surface area contributed by atoms with Gasteiger partial charge in [-0.3, -0.25) is 4.79 Å². The standard InChI is InChI=1S/C14H17F3N2O4S.ClH/c1-24(21,22)13(6-8-18-9-7-13)12(20)19-10-2-4-11(5-3-10)23-14(15,16)17;/h2-5,18H,6-9H2,1H3,(H,19,20);1H. The van der Waals surface area contributed by atoms with E-state index in [2.05, 4.69) is 15.4 Å². The summed E-state index contributed by atoms with van der Waals surface area (Å²) in [6.07, 6.45) is -3.53. The third-order valence-electron chi connectivity index (χ3n) is 3.88. The van der Waals surface area contributed by atoms with Crippen LogP contribution in [0.15, 0.2) is 24.3 Å². The normalized spacial score (nSPS) is 17.3. The maximum absolute atomic E-state index is 12.5. The van der Waals surface area contributed by atoms with Crippen LogP contribution < -0.4 is 15.4 Å². The number of carbonyl (C=O) groups is 1. The molecule has 0 spiro atoms. The zero-order chi connectivity index (χ0) is 18.0. The van der Waals surface area contributed by atoms with Crippen LogP contribution in [0.1, 0.15) is 12.8 Å². The Morgan fingerprint density at radius 3 is 2.16 bits per heavy atom. The third kappa shape index (κ3) is 5.23. The number of carbonyl (C=O) groups excluding carboxylic acids is 1. The maximum Gasteiger partial charge on any atom is 0.573 e. The number of halogens is 4. The van der Waals surface area contributed by atoms with E-state index in [0.29, 0.717) is 13.1 Å². The Morgan fingerprint density at radius 2 is 1.72 bits per heavy atom. The summed E-state index contributed by atoms with van der Waals surface area (Å²) in [5.41, 5.74) is 0.191. The van der Waals surface area contributed by atoms with Crippen LogP contribution >= 0.6 is 12.4 Å². The molecule has 1 fully saturated rings. The molecule has 0 radical (unpaired) electrons. The van der Waals surface area contributed by atoms with Crippen molar-refractivity contribution in [2.24, 2.45) is 0 Å². The van der Waals surface area contributed by atoms with Crippen LogP contribution in [0.2, 0.25) is 0 Å². The van der Waals surface area contributed by atoms with Crippen LogP contribution in [0.5, 0.6) is 5.75 Å². The van der Waals surface area contributed by atoms with E-state index in [1.165, 1.54) is 12.1 Å². The molecule has 0 aliphatic carbocycles. The minimum Gasteiger partial charge on any atom is -0.406 e. The summed E-state index contributed by atoms with van der Waals surface area (Å²) < 4.78 is 62.8. The largest absolute Gasteiger partial charge is 0.573 e. The molecule has 1 heterocycles. The van der Waals surface area contributed by atoms with Crippen molar-refractivity contribution in [1.82, 2.24) is 5.32 Å². The molecule has 1 aliphatic heterocycles. The third-order valence-corrected chi connectivity index (χ3v) is 5.89. The van der Waals surface area contributed by atoms with Crippen LogP contribution in [0.25, 0.3) is 0 Å². The Bertz CT molecular complexity index is 702. The molecule has 6 nitrogen and oxygen atoms in total. The van der Waals surface area contributed by atoms with Gasteiger partial charge in [0, 0.05) is 11.9 Å². The molecule has 1 aliphatic rings. The molecule has 1 saturated heterocycles. The molecule has 2 N–H and O–H groups in total. The monoisotopic (exact) mass is 402 g/mol. The number of alkyl halides is 3. The summed E-state index contributed by atoms with van der Waals surface area (Å²) >= 11 is 0. The second kappa shape index (κ2) is 7.79. The Kier molecular flexibility index (Phi) is 6.71. The molecule has 2 rings (SSSR count). The highest BCUT2D eigenvalue weighted by atomic mass is 35.5. The lowest BCUT2D eigenvalue weighted by Gasteiger charge is -2.34. The molecule has 25 heavy (non-hydrogen) atoms. The fourth-order valence-corrected chi connectivity index (χ4v) is 3.92. The molecule has 0 bridgehead atoms. The number of benzene rings is 1. The average Bonchev–Trinajstić information content (AvgIpc) is 2.47. The first-order valence-corrected chi connectivity index (χ1v) is 9.00. The first-order chi connectivity index (χ1) is 11.0. The van der Waals surface area contributed by atoms with Gasteiger partial charge in [-0.15, -0.1) is 25.6 Å². The summed E-state index contributed by atoms with van der Waals surface area (Å²) in [4.78, 5) is 12.5. The average molecular weight is 403 g/mol. The van der Waals surface area contributed by atoms with Crippen LogP contribution in [0, 0.1) is 0 Å². The van der Waals surface area contributed by atoms with Gasteiger partial charge in [-0.2, -0.15) is 0 Å². The summed E-state index contributed by atoms with van der Waals surface area (Å²) in [5, 5.41) is 5.46. The van der Waals surface area contributed by atoms with Gasteiger partial charge in [0.15, 0.2) is 14.6 Å². The molecule has 0 saturated carbocycles. The highest BCUT2D eigenvalue weighted by Crippen LogP contribution is 2.30. The number of sulfone groups is 1. The Labute approximate surface area is 149 Å². The molecule has 1 amide bonds. The van der Waals surface area contributed by atoms with Gasteiger partial charge < -0.3 is 15.4 Å². The molecule has 0 unspecified atom stereocenters. The van der Waals surface area contributed by atoms with Crippen molar-refractivity contribution >= 4 is 33.8 Å². The van der Waals surface area contributed by atoms with Crippen LogP contribution in [0.3, 0.4) is 0 Å². The van der Waals surface area contributed by atoms with Crippen molar-refractivity contribution in [3.63, 3.8) is 0 Å². The number of nitrogens with one attached hydrogen (secondary N) is 2. The zero-order valence-electron chi connectivity index (χ0n) is 13.2. The van der Waals surface area contributed by atoms with Crippen LogP contribution in [0.4, 0.5) is 18.9 Å². The number of hydrogen-bond acceptors (Lipinski definition) is 5. The Hall–Kier alpha value is -1.52. The van der Waals surface area contributed by atoms with Gasteiger partial charge >= 0.3 is 6.36 Å². The van der Waals surface area contributed by atoms with Gasteiger partial charge in [-0.1, -0.05) is 0 Å². The summed E-state index contributed by atoms with van der Waals surface area (Å²) in [5.74, 6) is -1.11. The first-order valence-electron chi connectivity index (χ1n) is 7.11. The van der Waals surface area contributed by atoms with Gasteiger partial charge in [0.05, 0.1) is 0 Å². The van der Waals surface area contributed by atoms with Gasteiger partial charge in [0.1, 0.15) is 5.75 Å². The second-order valence-corrected chi connectivity index (χ2v) is 7.87. The quantitative estimate of drug-likeness (QED) is 0.805. The minimum atomic E-state index is -4.81. The van der Waals surface area contributed by atoms with Gasteiger partial charge in [0.2, 0.25) is 5.91 Å². The van der Waals surface area contributed by atoms with Crippen LogP contribution in [-0.4, -0.2) is 44.8 Å². The van der Waals surface area contributed by atoms with Crippen molar-refractivity contribution in [3.8, 4) is 5.75 Å². The number of rotatable bonds is 4. The fraction of sp³-hybridized carbons (Fsp3) is 0.500. The highest BCUT2D eigenvalue weighted by molar-refractivity contribution is 7.92. The number of piperidine rings is 1. The maximum atomic E-state index is 12.5. The lowest BCUT2D eigenvalue weighted by molar-refractivity contribution is -0.274. The zero-order valence-corrected chi connectivity index (χ0v) is 14.9. The van der Waals surface area contributed by atoms with E-state index in [0.717, 1.165) is 18.4 Å². The van der Waals surface area contributed by atoms with Gasteiger partial charge in [-0.05, 0) is 50.2 Å². The van der Waals surface area contributed by atoms with Crippen molar-refractivity contribution < 1.29 is 31.1 Å². The lowest BCUT2D eigenvalue weighted by Crippen LogP contribution is -2.55. The lowest BCUT2D eigenvalue weighted by atomic mass is 9.95. The van der Waals surface area contributed by atoms with E-state index >= 15 is 0 Å². The van der Waals surface area contributed by atoms with E-state index in [-0.39, 0.29) is 30.9 Å². The topological polar surface area (TPSA) is 84.5 Å². The van der Waals surface area contributed by atoms with E-state index in [9.17, 15) is 26.4 Å². The van der Waals surface area contributed by atoms with Gasteiger partial charge in [0.25, 0.3) is 0 Å². The van der Waals surface area contributed by atoms with E-state index in [1.807, 2.05) is 0 Å². The molecule has 1 aromatic carbocycles. The van der Waals surface area contributed by atoms with Crippen molar-refractivity contribution in [2.45, 2.75) is 24.0 Å². The molecule has 1 aromatic rings. The second-order valence-electron chi connectivity index (χ2n) is 5.54. The molecule has 11 heteroatoms. The fourth-order valence-electron chi connectivity index (χ4n) is 2.58. The SMILES string of the molecule is CS(=O)(=O)C1(C(=O)Nc2ccc(OC(F)(F)F)cc2)CCNCC1.Cl.